The van der Waals surface area contributed by atoms with E-state index < -0.39 is 6.04 Å². The molecule has 1 N–H and O–H groups in total. The van der Waals surface area contributed by atoms with Crippen molar-refractivity contribution in [3.05, 3.63) is 65.7 Å². The predicted molar refractivity (Wildman–Crippen MR) is 116 cm³/mol. The molecule has 2 aromatic carbocycles. The van der Waals surface area contributed by atoms with Crippen LogP contribution in [0.15, 0.2) is 54.6 Å². The van der Waals surface area contributed by atoms with Gasteiger partial charge in [-0.15, -0.1) is 0 Å². The van der Waals surface area contributed by atoms with Gasteiger partial charge in [-0.2, -0.15) is 0 Å². The fourth-order valence-corrected chi connectivity index (χ4v) is 3.12. The zero-order chi connectivity index (χ0) is 21.4. The molecule has 5 heteroatoms. The highest BCUT2D eigenvalue weighted by Crippen LogP contribution is 2.16. The van der Waals surface area contributed by atoms with Crippen LogP contribution in [0.5, 0.6) is 5.75 Å². The molecule has 2 rings (SSSR count). The molecule has 2 amide bonds. The third kappa shape index (κ3) is 7.26. The Kier molecular flexibility index (Phi) is 7.82. The number of ether oxygens (including phenoxy) is 1. The minimum atomic E-state index is -0.568. The van der Waals surface area contributed by atoms with Crippen molar-refractivity contribution in [3.8, 4) is 5.75 Å². The van der Waals surface area contributed by atoms with E-state index in [4.69, 9.17) is 4.74 Å². The lowest BCUT2D eigenvalue weighted by atomic mass is 10.1. The molecule has 5 nitrogen and oxygen atoms in total. The first kappa shape index (κ1) is 22.5. The molecule has 0 spiro atoms. The first-order valence-corrected chi connectivity index (χ1v) is 10.0. The molecular formula is C24H32N2O3. The number of hydrogen-bond acceptors (Lipinski definition) is 3. The molecule has 0 heterocycles. The van der Waals surface area contributed by atoms with Gasteiger partial charge >= 0.3 is 0 Å². The maximum Gasteiger partial charge on any atom is 0.261 e. The highest BCUT2D eigenvalue weighted by molar-refractivity contribution is 5.88. The monoisotopic (exact) mass is 396 g/mol. The van der Waals surface area contributed by atoms with E-state index in [1.165, 1.54) is 0 Å². The van der Waals surface area contributed by atoms with Crippen molar-refractivity contribution in [3.63, 3.8) is 0 Å². The summed E-state index contributed by atoms with van der Waals surface area (Å²) >= 11 is 0. The SMILES string of the molecule is CCC(C(=O)NC(C)(C)C)N(Cc1cccc(C)c1)C(=O)COc1ccccc1. The Morgan fingerprint density at radius 1 is 1.07 bits per heavy atom. The first-order valence-electron chi connectivity index (χ1n) is 10.0. The molecule has 0 fully saturated rings. The first-order chi connectivity index (χ1) is 13.7. The normalized spacial score (nSPS) is 12.2. The fourth-order valence-electron chi connectivity index (χ4n) is 3.12. The molecule has 0 aliphatic heterocycles. The topological polar surface area (TPSA) is 58.6 Å². The third-order valence-corrected chi connectivity index (χ3v) is 4.43. The van der Waals surface area contributed by atoms with Gasteiger partial charge in [0, 0.05) is 12.1 Å². The van der Waals surface area contributed by atoms with Crippen molar-refractivity contribution in [2.24, 2.45) is 0 Å². The summed E-state index contributed by atoms with van der Waals surface area (Å²) in [5, 5.41) is 3.00. The average Bonchev–Trinajstić information content (AvgIpc) is 2.65. The van der Waals surface area contributed by atoms with Crippen LogP contribution in [0.1, 0.15) is 45.2 Å². The van der Waals surface area contributed by atoms with E-state index in [-0.39, 0.29) is 24.0 Å². The number of nitrogens with one attached hydrogen (secondary N) is 1. The Morgan fingerprint density at radius 3 is 2.34 bits per heavy atom. The van der Waals surface area contributed by atoms with Gasteiger partial charge in [-0.25, -0.2) is 0 Å². The number of carbonyl (C=O) groups excluding carboxylic acids is 2. The summed E-state index contributed by atoms with van der Waals surface area (Å²) in [6, 6.07) is 16.6. The van der Waals surface area contributed by atoms with E-state index in [1.54, 1.807) is 4.90 Å². The van der Waals surface area contributed by atoms with E-state index in [0.717, 1.165) is 11.1 Å². The fraction of sp³-hybridized carbons (Fsp3) is 0.417. The van der Waals surface area contributed by atoms with Crippen LogP contribution in [0.3, 0.4) is 0 Å². The highest BCUT2D eigenvalue weighted by atomic mass is 16.5. The maximum absolute atomic E-state index is 13.1. The van der Waals surface area contributed by atoms with Crippen molar-refractivity contribution in [1.29, 1.82) is 0 Å². The molecule has 0 saturated heterocycles. The Balaban J connectivity index is 2.22. The van der Waals surface area contributed by atoms with Crippen LogP contribution in [0.25, 0.3) is 0 Å². The van der Waals surface area contributed by atoms with E-state index in [0.29, 0.717) is 18.7 Å². The molecule has 0 radical (unpaired) electrons. The van der Waals surface area contributed by atoms with Crippen LogP contribution in [0, 0.1) is 6.92 Å². The smallest absolute Gasteiger partial charge is 0.261 e. The van der Waals surface area contributed by atoms with Crippen LogP contribution in [0.4, 0.5) is 0 Å². The van der Waals surface area contributed by atoms with E-state index in [9.17, 15) is 9.59 Å². The summed E-state index contributed by atoms with van der Waals surface area (Å²) in [6.45, 7) is 9.97. The molecule has 0 aromatic heterocycles. The number of benzene rings is 2. The summed E-state index contributed by atoms with van der Waals surface area (Å²) in [6.07, 6.45) is 0.519. The number of nitrogens with zero attached hydrogens (tertiary/aromatic N) is 1. The summed E-state index contributed by atoms with van der Waals surface area (Å²) in [7, 11) is 0. The van der Waals surface area contributed by atoms with Crippen LogP contribution < -0.4 is 10.1 Å². The number of amides is 2. The molecule has 156 valence electrons. The molecular weight excluding hydrogens is 364 g/mol. The molecule has 0 saturated carbocycles. The summed E-state index contributed by atoms with van der Waals surface area (Å²) < 4.78 is 5.66. The number of aryl methyl sites for hydroxylation is 1. The van der Waals surface area contributed by atoms with E-state index >= 15 is 0 Å². The largest absolute Gasteiger partial charge is 0.484 e. The minimum absolute atomic E-state index is 0.116. The Bertz CT molecular complexity index is 812. The highest BCUT2D eigenvalue weighted by Gasteiger charge is 2.30. The lowest BCUT2D eigenvalue weighted by molar-refractivity contribution is -0.143. The van der Waals surface area contributed by atoms with Gasteiger partial charge in [0.25, 0.3) is 5.91 Å². The Hall–Kier alpha value is -2.82. The van der Waals surface area contributed by atoms with Crippen molar-refractivity contribution in [2.75, 3.05) is 6.61 Å². The van der Waals surface area contributed by atoms with Crippen molar-refractivity contribution >= 4 is 11.8 Å². The molecule has 29 heavy (non-hydrogen) atoms. The van der Waals surface area contributed by atoms with Gasteiger partial charge in [-0.05, 0) is 51.8 Å². The summed E-state index contributed by atoms with van der Waals surface area (Å²) in [4.78, 5) is 27.6. The van der Waals surface area contributed by atoms with Gasteiger partial charge in [0.1, 0.15) is 11.8 Å². The quantitative estimate of drug-likeness (QED) is 0.731. The van der Waals surface area contributed by atoms with Gasteiger partial charge in [0.15, 0.2) is 6.61 Å². The number of carbonyl (C=O) groups is 2. The number of rotatable bonds is 8. The second-order valence-electron chi connectivity index (χ2n) is 8.28. The van der Waals surface area contributed by atoms with Gasteiger partial charge in [0.2, 0.25) is 5.91 Å². The van der Waals surface area contributed by atoms with Crippen molar-refractivity contribution in [2.45, 2.75) is 59.2 Å². The second-order valence-corrected chi connectivity index (χ2v) is 8.28. The van der Waals surface area contributed by atoms with Gasteiger partial charge < -0.3 is 15.0 Å². The standard InChI is InChI=1S/C24H32N2O3/c1-6-21(23(28)25-24(3,4)5)26(16-19-12-10-11-18(2)15-19)22(27)17-29-20-13-8-7-9-14-20/h7-15,21H,6,16-17H2,1-5H3,(H,25,28). The molecule has 0 aliphatic carbocycles. The Morgan fingerprint density at radius 2 is 1.76 bits per heavy atom. The zero-order valence-electron chi connectivity index (χ0n) is 18.1. The summed E-state index contributed by atoms with van der Waals surface area (Å²) in [5.41, 5.74) is 1.73. The number of para-hydroxylation sites is 1. The Labute approximate surface area is 174 Å². The van der Waals surface area contributed by atoms with Gasteiger partial charge in [-0.1, -0.05) is 55.0 Å². The molecule has 0 aliphatic rings. The summed E-state index contributed by atoms with van der Waals surface area (Å²) in [5.74, 6) is 0.260. The van der Waals surface area contributed by atoms with Crippen LogP contribution in [-0.4, -0.2) is 34.9 Å². The average molecular weight is 397 g/mol. The van der Waals surface area contributed by atoms with Crippen molar-refractivity contribution < 1.29 is 14.3 Å². The minimum Gasteiger partial charge on any atom is -0.484 e. The van der Waals surface area contributed by atoms with Gasteiger partial charge in [-0.3, -0.25) is 9.59 Å². The molecule has 1 unspecified atom stereocenters. The maximum atomic E-state index is 13.1. The molecule has 2 aromatic rings. The van der Waals surface area contributed by atoms with E-state index in [2.05, 4.69) is 5.32 Å². The van der Waals surface area contributed by atoms with Crippen LogP contribution >= 0.6 is 0 Å². The van der Waals surface area contributed by atoms with Gasteiger partial charge in [0.05, 0.1) is 0 Å². The van der Waals surface area contributed by atoms with Crippen molar-refractivity contribution in [1.82, 2.24) is 10.2 Å². The predicted octanol–water partition coefficient (Wildman–Crippen LogP) is 4.10. The molecule has 1 atom stereocenters. The number of hydrogen-bond donors (Lipinski definition) is 1. The van der Waals surface area contributed by atoms with Crippen LogP contribution in [0.2, 0.25) is 0 Å². The lowest BCUT2D eigenvalue weighted by Gasteiger charge is -2.33. The third-order valence-electron chi connectivity index (χ3n) is 4.43. The molecule has 0 bridgehead atoms. The zero-order valence-corrected chi connectivity index (χ0v) is 18.1. The van der Waals surface area contributed by atoms with Crippen LogP contribution in [-0.2, 0) is 16.1 Å². The second kappa shape index (κ2) is 10.1. The van der Waals surface area contributed by atoms with E-state index in [1.807, 2.05) is 89.2 Å². The lowest BCUT2D eigenvalue weighted by Crippen LogP contribution is -2.54.